The van der Waals surface area contributed by atoms with Gasteiger partial charge < -0.3 is 0 Å². The molecule has 0 nitrogen and oxygen atoms in total. The molecule has 0 N–H and O–H groups in total. The quantitative estimate of drug-likeness (QED) is 0.333. The van der Waals surface area contributed by atoms with Crippen molar-refractivity contribution in [2.24, 2.45) is 17.3 Å². The Hall–Kier alpha value is 0. The van der Waals surface area contributed by atoms with E-state index in [4.69, 9.17) is 0 Å². The van der Waals surface area contributed by atoms with Crippen LogP contribution in [-0.4, -0.2) is 0 Å². The summed E-state index contributed by atoms with van der Waals surface area (Å²) in [6, 6.07) is 0. The Morgan fingerprint density at radius 3 is 2.05 bits per heavy atom. The maximum Gasteiger partial charge on any atom is -0.0326 e. The summed E-state index contributed by atoms with van der Waals surface area (Å²) in [5.41, 5.74) is 0.491. The van der Waals surface area contributed by atoms with Gasteiger partial charge in [0.1, 0.15) is 0 Å². The Bertz CT molecular complexity index is 190. The molecule has 0 saturated carbocycles. The topological polar surface area (TPSA) is 0 Å². The van der Waals surface area contributed by atoms with E-state index < -0.39 is 0 Å². The molecule has 0 aromatic carbocycles. The molecule has 115 valence electrons. The van der Waals surface area contributed by atoms with Crippen LogP contribution in [0.4, 0.5) is 0 Å². The van der Waals surface area contributed by atoms with E-state index in [9.17, 15) is 0 Å². The van der Waals surface area contributed by atoms with Crippen LogP contribution < -0.4 is 0 Å². The summed E-state index contributed by atoms with van der Waals surface area (Å²) < 4.78 is 0. The van der Waals surface area contributed by atoms with Crippen molar-refractivity contribution in [3.63, 3.8) is 0 Å². The van der Waals surface area contributed by atoms with Crippen LogP contribution in [0.2, 0.25) is 0 Å². The molecule has 0 rings (SSSR count). The second kappa shape index (κ2) is 10.7. The maximum absolute atomic E-state index is 4.07. The summed E-state index contributed by atoms with van der Waals surface area (Å²) in [7, 11) is 0. The number of hydrogen-bond acceptors (Lipinski definition) is 0. The Kier molecular flexibility index (Phi) is 10.7. The Morgan fingerprint density at radius 1 is 0.895 bits per heavy atom. The van der Waals surface area contributed by atoms with Crippen LogP contribution in [0.5, 0.6) is 0 Å². The van der Waals surface area contributed by atoms with E-state index in [1.54, 1.807) is 0 Å². The van der Waals surface area contributed by atoms with Crippen LogP contribution >= 0.6 is 0 Å². The van der Waals surface area contributed by atoms with Gasteiger partial charge >= 0.3 is 0 Å². The van der Waals surface area contributed by atoms with Gasteiger partial charge in [0.05, 0.1) is 0 Å². The van der Waals surface area contributed by atoms with Gasteiger partial charge in [-0.25, -0.2) is 0 Å². The molecule has 0 aliphatic carbocycles. The first-order valence-corrected chi connectivity index (χ1v) is 8.73. The zero-order valence-electron chi connectivity index (χ0n) is 14.4. The summed E-state index contributed by atoms with van der Waals surface area (Å²) in [5.74, 6) is 1.77. The van der Waals surface area contributed by atoms with E-state index in [1.807, 2.05) is 0 Å². The van der Waals surface area contributed by atoms with Gasteiger partial charge in [-0.2, -0.15) is 0 Å². The van der Waals surface area contributed by atoms with Crippen LogP contribution in [-0.2, 0) is 0 Å². The fraction of sp³-hybridized carbons (Fsp3) is 0.947. The average Bonchev–Trinajstić information content (AvgIpc) is 2.31. The molecule has 0 spiro atoms. The first-order valence-electron chi connectivity index (χ1n) is 8.73. The third-order valence-electron chi connectivity index (χ3n) is 4.67. The highest BCUT2D eigenvalue weighted by Gasteiger charge is 2.27. The van der Waals surface area contributed by atoms with Gasteiger partial charge in [0.15, 0.2) is 0 Å². The first-order chi connectivity index (χ1) is 8.94. The molecular weight excluding hydrogens is 228 g/mol. The van der Waals surface area contributed by atoms with Crippen molar-refractivity contribution in [3.05, 3.63) is 6.92 Å². The molecule has 0 aliphatic heterocycles. The molecule has 0 heterocycles. The zero-order chi connectivity index (χ0) is 14.7. The molecule has 0 aromatic rings. The van der Waals surface area contributed by atoms with Crippen molar-refractivity contribution in [1.82, 2.24) is 0 Å². The molecule has 19 heavy (non-hydrogen) atoms. The van der Waals surface area contributed by atoms with Gasteiger partial charge in [-0.05, 0) is 36.5 Å². The summed E-state index contributed by atoms with van der Waals surface area (Å²) in [5, 5.41) is 0. The van der Waals surface area contributed by atoms with Crippen molar-refractivity contribution in [1.29, 1.82) is 0 Å². The minimum absolute atomic E-state index is 0.491. The molecule has 1 unspecified atom stereocenters. The largest absolute Gasteiger partial charge is 0.0654 e. The summed E-state index contributed by atoms with van der Waals surface area (Å²) in [4.78, 5) is 0. The minimum Gasteiger partial charge on any atom is -0.0654 e. The first kappa shape index (κ1) is 19.0. The van der Waals surface area contributed by atoms with E-state index in [1.165, 1.54) is 57.8 Å². The van der Waals surface area contributed by atoms with Crippen molar-refractivity contribution >= 4 is 0 Å². The van der Waals surface area contributed by atoms with Crippen LogP contribution in [0.25, 0.3) is 0 Å². The van der Waals surface area contributed by atoms with Gasteiger partial charge in [0, 0.05) is 0 Å². The number of rotatable bonds is 12. The molecule has 0 saturated heterocycles. The van der Waals surface area contributed by atoms with Gasteiger partial charge in [0.2, 0.25) is 0 Å². The number of hydrogen-bond donors (Lipinski definition) is 0. The molecule has 0 fully saturated rings. The summed E-state index contributed by atoms with van der Waals surface area (Å²) in [6.07, 6.45) is 13.7. The lowest BCUT2D eigenvalue weighted by atomic mass is 9.71. The van der Waals surface area contributed by atoms with Gasteiger partial charge in [0.25, 0.3) is 0 Å². The summed E-state index contributed by atoms with van der Waals surface area (Å²) in [6.45, 7) is 16.0. The second-order valence-electron chi connectivity index (χ2n) is 7.46. The standard InChI is InChI=1S/C19H39/c1-7-9-10-11-14-18(15-12-13-17(3)4)19(5,6)16-8-2/h17-18H,2,7-16H2,1,3-6H3. The smallest absolute Gasteiger partial charge is 0.0326 e. The average molecular weight is 268 g/mol. The van der Waals surface area contributed by atoms with E-state index in [0.29, 0.717) is 5.41 Å². The SMILES string of the molecule is [CH2]CCC(C)(C)C(CCCCCC)CCCC(C)C. The van der Waals surface area contributed by atoms with Crippen LogP contribution in [0.15, 0.2) is 0 Å². The normalized spacial score (nSPS) is 14.1. The van der Waals surface area contributed by atoms with E-state index >= 15 is 0 Å². The van der Waals surface area contributed by atoms with Crippen molar-refractivity contribution in [3.8, 4) is 0 Å². The minimum atomic E-state index is 0.491. The molecule has 0 aliphatic rings. The lowest BCUT2D eigenvalue weighted by Gasteiger charge is -2.35. The van der Waals surface area contributed by atoms with Crippen molar-refractivity contribution in [2.75, 3.05) is 0 Å². The molecule has 0 amide bonds. The maximum atomic E-state index is 4.07. The monoisotopic (exact) mass is 267 g/mol. The molecule has 0 bridgehead atoms. The predicted molar refractivity (Wildman–Crippen MR) is 89.3 cm³/mol. The highest BCUT2D eigenvalue weighted by atomic mass is 14.3. The Morgan fingerprint density at radius 2 is 1.53 bits per heavy atom. The van der Waals surface area contributed by atoms with E-state index in [-0.39, 0.29) is 0 Å². The fourth-order valence-corrected chi connectivity index (χ4v) is 3.18. The molecular formula is C19H39. The van der Waals surface area contributed by atoms with Crippen LogP contribution in [0.1, 0.15) is 98.8 Å². The fourth-order valence-electron chi connectivity index (χ4n) is 3.18. The van der Waals surface area contributed by atoms with Gasteiger partial charge in [-0.1, -0.05) is 86.5 Å². The molecule has 1 radical (unpaired) electrons. The second-order valence-corrected chi connectivity index (χ2v) is 7.46. The zero-order valence-corrected chi connectivity index (χ0v) is 14.4. The molecule has 0 heteroatoms. The van der Waals surface area contributed by atoms with E-state index in [2.05, 4.69) is 41.5 Å². The highest BCUT2D eigenvalue weighted by molar-refractivity contribution is 4.79. The predicted octanol–water partition coefficient (Wildman–Crippen LogP) is 7.04. The van der Waals surface area contributed by atoms with Gasteiger partial charge in [-0.3, -0.25) is 0 Å². The lowest BCUT2D eigenvalue weighted by molar-refractivity contribution is 0.163. The lowest BCUT2D eigenvalue weighted by Crippen LogP contribution is -2.24. The van der Waals surface area contributed by atoms with Crippen LogP contribution in [0, 0.1) is 24.2 Å². The van der Waals surface area contributed by atoms with Crippen LogP contribution in [0.3, 0.4) is 0 Å². The Labute approximate surface area is 123 Å². The third-order valence-corrected chi connectivity index (χ3v) is 4.67. The third kappa shape index (κ3) is 9.52. The Balaban J connectivity index is 4.21. The van der Waals surface area contributed by atoms with E-state index in [0.717, 1.165) is 18.3 Å². The molecule has 0 aromatic heterocycles. The van der Waals surface area contributed by atoms with Crippen molar-refractivity contribution in [2.45, 2.75) is 98.8 Å². The van der Waals surface area contributed by atoms with Crippen molar-refractivity contribution < 1.29 is 0 Å². The van der Waals surface area contributed by atoms with Gasteiger partial charge in [-0.15, -0.1) is 0 Å². The number of unbranched alkanes of at least 4 members (excludes halogenated alkanes) is 3. The highest BCUT2D eigenvalue weighted by Crippen LogP contribution is 2.38. The molecule has 1 atom stereocenters. The summed E-state index contributed by atoms with van der Waals surface area (Å²) >= 11 is 0.